The van der Waals surface area contributed by atoms with Crippen LogP contribution in [0.2, 0.25) is 0 Å². The van der Waals surface area contributed by atoms with E-state index in [0.717, 1.165) is 33.5 Å². The van der Waals surface area contributed by atoms with E-state index < -0.39 is 11.9 Å². The molecule has 0 bridgehead atoms. The molecule has 1 N–H and O–H groups in total. The molecule has 114 valence electrons. The third-order valence-electron chi connectivity index (χ3n) is 3.30. The minimum atomic E-state index is -0.783. The van der Waals surface area contributed by atoms with Crippen LogP contribution in [0.3, 0.4) is 0 Å². The maximum Gasteiger partial charge on any atom is 0.314 e. The van der Waals surface area contributed by atoms with E-state index in [4.69, 9.17) is 0 Å². The van der Waals surface area contributed by atoms with Crippen LogP contribution in [0.25, 0.3) is 0 Å². The zero-order valence-electron chi connectivity index (χ0n) is 11.9. The van der Waals surface area contributed by atoms with Crippen molar-refractivity contribution < 1.29 is 9.90 Å². The summed E-state index contributed by atoms with van der Waals surface area (Å²) in [7, 11) is 0. The van der Waals surface area contributed by atoms with Crippen molar-refractivity contribution in [2.45, 2.75) is 30.3 Å². The van der Waals surface area contributed by atoms with Crippen molar-refractivity contribution in [3.8, 4) is 0 Å². The maximum atomic E-state index is 11.6. The first kappa shape index (κ1) is 17.0. The van der Waals surface area contributed by atoms with Crippen LogP contribution in [-0.2, 0) is 4.79 Å². The fourth-order valence-electron chi connectivity index (χ4n) is 2.29. The number of hydrogen-bond donors (Lipinski definition) is 1. The molecule has 1 heterocycles. The Balaban J connectivity index is 2.40. The first-order valence-electron chi connectivity index (χ1n) is 7.05. The molecule has 1 aromatic rings. The van der Waals surface area contributed by atoms with E-state index in [0.29, 0.717) is 4.58 Å². The second kappa shape index (κ2) is 8.30. The minimum absolute atomic E-state index is 0.336. The zero-order chi connectivity index (χ0) is 15.2. The van der Waals surface area contributed by atoms with Crippen LogP contribution in [0, 0.1) is 0 Å². The fraction of sp³-hybridized carbons (Fsp3) is 0.438. The van der Waals surface area contributed by atoms with E-state index in [1.165, 1.54) is 6.42 Å². The molecule has 1 atom stereocenters. The third-order valence-corrected chi connectivity index (χ3v) is 6.77. The molecule has 0 aromatic heterocycles. The SMILES string of the molecule is CC/C=C/C(C(=O)O)c1ccc(Br)cc1C1SCCCS1. The van der Waals surface area contributed by atoms with Gasteiger partial charge in [-0.25, -0.2) is 0 Å². The van der Waals surface area contributed by atoms with Crippen molar-refractivity contribution in [2.24, 2.45) is 0 Å². The van der Waals surface area contributed by atoms with Crippen molar-refractivity contribution in [3.63, 3.8) is 0 Å². The minimum Gasteiger partial charge on any atom is -0.481 e. The van der Waals surface area contributed by atoms with Gasteiger partial charge in [-0.1, -0.05) is 41.1 Å². The number of carbonyl (C=O) groups is 1. The first-order valence-corrected chi connectivity index (χ1v) is 9.94. The Morgan fingerprint density at radius 2 is 2.19 bits per heavy atom. The van der Waals surface area contributed by atoms with Crippen LogP contribution >= 0.6 is 39.5 Å². The summed E-state index contributed by atoms with van der Waals surface area (Å²) in [4.78, 5) is 11.6. The standard InChI is InChI=1S/C16H19BrO2S2/c1-2-3-5-13(15(18)19)12-7-6-11(17)10-14(12)16-20-8-4-9-21-16/h3,5-7,10,13,16H,2,4,8-9H2,1H3,(H,18,19)/b5-3+. The third kappa shape index (κ3) is 4.54. The lowest BCUT2D eigenvalue weighted by Crippen LogP contribution is -2.13. The molecule has 0 saturated carbocycles. The highest BCUT2D eigenvalue weighted by atomic mass is 79.9. The normalized spacial score (nSPS) is 18.0. The highest BCUT2D eigenvalue weighted by Crippen LogP contribution is 2.46. The Bertz CT molecular complexity index is 525. The van der Waals surface area contributed by atoms with Gasteiger partial charge in [-0.15, -0.1) is 23.5 Å². The summed E-state index contributed by atoms with van der Waals surface area (Å²) in [6.45, 7) is 2.02. The predicted molar refractivity (Wildman–Crippen MR) is 96.2 cm³/mol. The molecule has 5 heteroatoms. The van der Waals surface area contributed by atoms with E-state index in [2.05, 4.69) is 22.0 Å². The van der Waals surface area contributed by atoms with Gasteiger partial charge in [-0.05, 0) is 47.6 Å². The van der Waals surface area contributed by atoms with Gasteiger partial charge < -0.3 is 5.11 Å². The van der Waals surface area contributed by atoms with Crippen molar-refractivity contribution in [2.75, 3.05) is 11.5 Å². The summed E-state index contributed by atoms with van der Waals surface area (Å²) >= 11 is 7.35. The number of carboxylic acids is 1. The number of carboxylic acid groups (broad SMARTS) is 1. The Labute approximate surface area is 142 Å². The van der Waals surface area contributed by atoms with Crippen molar-refractivity contribution in [1.29, 1.82) is 0 Å². The largest absolute Gasteiger partial charge is 0.481 e. The molecule has 1 aromatic carbocycles. The van der Waals surface area contributed by atoms with Crippen LogP contribution in [0.1, 0.15) is 41.4 Å². The number of allylic oxidation sites excluding steroid dienone is 1. The van der Waals surface area contributed by atoms with Gasteiger partial charge in [0, 0.05) is 4.47 Å². The second-order valence-electron chi connectivity index (χ2n) is 4.85. The molecule has 1 fully saturated rings. The maximum absolute atomic E-state index is 11.6. The van der Waals surface area contributed by atoms with Crippen molar-refractivity contribution >= 4 is 45.4 Å². The highest BCUT2D eigenvalue weighted by molar-refractivity contribution is 9.10. The van der Waals surface area contributed by atoms with Crippen molar-refractivity contribution in [1.82, 2.24) is 0 Å². The molecule has 1 aliphatic rings. The van der Waals surface area contributed by atoms with E-state index in [1.54, 1.807) is 0 Å². The number of benzene rings is 1. The molecular formula is C16H19BrO2S2. The van der Waals surface area contributed by atoms with Crippen molar-refractivity contribution in [3.05, 3.63) is 46.0 Å². The molecule has 2 rings (SSSR count). The number of aliphatic carboxylic acids is 1. The summed E-state index contributed by atoms with van der Waals surface area (Å²) in [5, 5.41) is 9.57. The fourth-order valence-corrected chi connectivity index (χ4v) is 5.63. The van der Waals surface area contributed by atoms with Gasteiger partial charge in [-0.2, -0.15) is 0 Å². The van der Waals surface area contributed by atoms with Gasteiger partial charge in [0.1, 0.15) is 5.92 Å². The van der Waals surface area contributed by atoms with Gasteiger partial charge >= 0.3 is 5.97 Å². The molecule has 0 radical (unpaired) electrons. The monoisotopic (exact) mass is 386 g/mol. The molecule has 1 unspecified atom stereocenters. The lowest BCUT2D eigenvalue weighted by Gasteiger charge is -2.25. The average Bonchev–Trinajstić information content (AvgIpc) is 2.49. The molecule has 0 amide bonds. The van der Waals surface area contributed by atoms with E-state index in [1.807, 2.05) is 54.7 Å². The van der Waals surface area contributed by atoms with Gasteiger partial charge in [0.25, 0.3) is 0 Å². The van der Waals surface area contributed by atoms with Crippen LogP contribution in [0.4, 0.5) is 0 Å². The number of rotatable bonds is 5. The average molecular weight is 387 g/mol. The number of hydrogen-bond acceptors (Lipinski definition) is 3. The summed E-state index contributed by atoms with van der Waals surface area (Å²) < 4.78 is 1.35. The lowest BCUT2D eigenvalue weighted by molar-refractivity contribution is -0.137. The molecule has 21 heavy (non-hydrogen) atoms. The molecule has 0 aliphatic carbocycles. The second-order valence-corrected chi connectivity index (χ2v) is 8.49. The van der Waals surface area contributed by atoms with Crippen LogP contribution < -0.4 is 0 Å². The number of halogens is 1. The van der Waals surface area contributed by atoms with Crippen LogP contribution in [-0.4, -0.2) is 22.6 Å². The molecular weight excluding hydrogens is 368 g/mol. The van der Waals surface area contributed by atoms with E-state index in [9.17, 15) is 9.90 Å². The zero-order valence-corrected chi connectivity index (χ0v) is 15.1. The Morgan fingerprint density at radius 3 is 2.81 bits per heavy atom. The first-order chi connectivity index (χ1) is 10.1. The Kier molecular flexibility index (Phi) is 6.71. The quantitative estimate of drug-likeness (QED) is 0.682. The van der Waals surface area contributed by atoms with E-state index >= 15 is 0 Å². The van der Waals surface area contributed by atoms with Gasteiger partial charge in [-0.3, -0.25) is 4.79 Å². The summed E-state index contributed by atoms with van der Waals surface area (Å²) in [6, 6.07) is 5.97. The Morgan fingerprint density at radius 1 is 1.48 bits per heavy atom. The Hall–Kier alpha value is -0.390. The van der Waals surface area contributed by atoms with Gasteiger partial charge in [0.2, 0.25) is 0 Å². The summed E-state index contributed by atoms with van der Waals surface area (Å²) in [5.41, 5.74) is 2.06. The molecule has 2 nitrogen and oxygen atoms in total. The predicted octanol–water partition coefficient (Wildman–Crippen LogP) is 5.45. The van der Waals surface area contributed by atoms with E-state index in [-0.39, 0.29) is 0 Å². The van der Waals surface area contributed by atoms with Gasteiger partial charge in [0.05, 0.1) is 4.58 Å². The van der Waals surface area contributed by atoms with Gasteiger partial charge in [0.15, 0.2) is 0 Å². The topological polar surface area (TPSA) is 37.3 Å². The molecule has 1 saturated heterocycles. The van der Waals surface area contributed by atoms with Crippen LogP contribution in [0.15, 0.2) is 34.8 Å². The summed E-state index contributed by atoms with van der Waals surface area (Å²) in [5.74, 6) is 0.948. The number of thioether (sulfide) groups is 2. The molecule has 0 spiro atoms. The summed E-state index contributed by atoms with van der Waals surface area (Å²) in [6.07, 6.45) is 5.83. The smallest absolute Gasteiger partial charge is 0.314 e. The lowest BCUT2D eigenvalue weighted by atomic mass is 9.94. The highest BCUT2D eigenvalue weighted by Gasteiger charge is 2.26. The van der Waals surface area contributed by atoms with Crippen LogP contribution in [0.5, 0.6) is 0 Å². The molecule has 1 aliphatic heterocycles.